The van der Waals surface area contributed by atoms with Gasteiger partial charge in [0, 0.05) is 16.0 Å². The number of benzene rings is 2. The highest BCUT2D eigenvalue weighted by atomic mass is 35.5. The minimum absolute atomic E-state index is 0.132. The highest BCUT2D eigenvalue weighted by Gasteiger charge is 2.44. The Bertz CT molecular complexity index is 1190. The molecule has 0 spiro atoms. The number of carbonyl (C=O) groups is 3. The van der Waals surface area contributed by atoms with Crippen LogP contribution in [0.25, 0.3) is 0 Å². The minimum Gasteiger partial charge on any atom is -0.495 e. The molecule has 1 aliphatic heterocycles. The first kappa shape index (κ1) is 25.4. The molecular weight excluding hydrogens is 501 g/mol. The predicted molar refractivity (Wildman–Crippen MR) is 130 cm³/mol. The third kappa shape index (κ3) is 5.65. The van der Waals surface area contributed by atoms with Gasteiger partial charge in [-0.1, -0.05) is 47.1 Å². The van der Waals surface area contributed by atoms with E-state index in [1.54, 1.807) is 42.5 Å². The van der Waals surface area contributed by atoms with Crippen molar-refractivity contribution in [2.75, 3.05) is 25.3 Å². The molecule has 0 aliphatic carbocycles. The largest absolute Gasteiger partial charge is 0.495 e. The first-order valence-corrected chi connectivity index (χ1v) is 11.6. The summed E-state index contributed by atoms with van der Waals surface area (Å²) >= 11 is 12.9. The van der Waals surface area contributed by atoms with Gasteiger partial charge < -0.3 is 20.1 Å². The fourth-order valence-electron chi connectivity index (χ4n) is 3.45. The summed E-state index contributed by atoms with van der Waals surface area (Å²) in [6, 6.07) is 13.3. The number of nitrogens with one attached hydrogen (secondary N) is 2. The number of amides is 2. The first-order chi connectivity index (χ1) is 16.3. The monoisotopic (exact) mass is 519 g/mol. The van der Waals surface area contributed by atoms with E-state index < -0.39 is 29.6 Å². The summed E-state index contributed by atoms with van der Waals surface area (Å²) in [5.41, 5.74) is 1.06. The van der Waals surface area contributed by atoms with Gasteiger partial charge in [0.05, 0.1) is 42.3 Å². The summed E-state index contributed by atoms with van der Waals surface area (Å²) in [5.74, 6) is -3.70. The lowest BCUT2D eigenvalue weighted by molar-refractivity contribution is -0.150. The lowest BCUT2D eigenvalue weighted by Gasteiger charge is -2.30. The summed E-state index contributed by atoms with van der Waals surface area (Å²) in [4.78, 5) is 37.8. The average molecular weight is 520 g/mol. The zero-order valence-electron chi connectivity index (χ0n) is 18.1. The first-order valence-electron chi connectivity index (χ1n) is 9.83. The number of methoxy groups -OCH3 is 2. The number of carbonyl (C=O) groups excluding carboxylic acids is 3. The Balaban J connectivity index is 1.89. The van der Waals surface area contributed by atoms with Gasteiger partial charge in [0.15, 0.2) is 0 Å². The number of hydrogen-bond acceptors (Lipinski definition) is 7. The van der Waals surface area contributed by atoms with Gasteiger partial charge in [0.25, 0.3) is 0 Å². The van der Waals surface area contributed by atoms with E-state index in [0.717, 1.165) is 11.8 Å². The van der Waals surface area contributed by atoms with Crippen LogP contribution in [0, 0.1) is 17.2 Å². The quantitative estimate of drug-likeness (QED) is 0.417. The van der Waals surface area contributed by atoms with Gasteiger partial charge in [0.1, 0.15) is 11.7 Å². The molecule has 0 aromatic heterocycles. The van der Waals surface area contributed by atoms with Crippen molar-refractivity contribution in [1.82, 2.24) is 5.32 Å². The molecule has 2 aromatic rings. The zero-order valence-corrected chi connectivity index (χ0v) is 20.4. The number of allylic oxidation sites excluding steroid dienone is 1. The third-order valence-electron chi connectivity index (χ3n) is 5.00. The molecule has 8 nitrogen and oxygen atoms in total. The van der Waals surface area contributed by atoms with Crippen LogP contribution in [-0.4, -0.2) is 37.8 Å². The highest BCUT2D eigenvalue weighted by molar-refractivity contribution is 8.03. The molecule has 1 heterocycles. The lowest BCUT2D eigenvalue weighted by atomic mass is 9.78. The molecule has 0 radical (unpaired) electrons. The molecule has 1 aliphatic rings. The number of ether oxygens (including phenoxy) is 2. The van der Waals surface area contributed by atoms with Crippen LogP contribution in [0.4, 0.5) is 5.69 Å². The van der Waals surface area contributed by atoms with Crippen molar-refractivity contribution >= 4 is 58.4 Å². The molecule has 176 valence electrons. The second kappa shape index (κ2) is 11.3. The normalized spacial score (nSPS) is 17.4. The maximum atomic E-state index is 12.8. The van der Waals surface area contributed by atoms with Crippen molar-refractivity contribution in [3.63, 3.8) is 0 Å². The van der Waals surface area contributed by atoms with E-state index in [1.807, 2.05) is 0 Å². The molecule has 0 saturated heterocycles. The molecule has 2 aromatic carbocycles. The molecule has 3 rings (SSSR count). The Hall–Kier alpha value is -3.19. The predicted octanol–water partition coefficient (Wildman–Crippen LogP) is 4.11. The summed E-state index contributed by atoms with van der Waals surface area (Å²) in [6.07, 6.45) is 0. The van der Waals surface area contributed by atoms with Crippen LogP contribution in [0.3, 0.4) is 0 Å². The molecule has 0 fully saturated rings. The van der Waals surface area contributed by atoms with Crippen molar-refractivity contribution in [3.8, 4) is 11.8 Å². The van der Waals surface area contributed by atoms with E-state index in [2.05, 4.69) is 16.7 Å². The topological polar surface area (TPSA) is 118 Å². The van der Waals surface area contributed by atoms with Crippen LogP contribution in [0.1, 0.15) is 11.5 Å². The summed E-state index contributed by atoms with van der Waals surface area (Å²) in [6.45, 7) is 0. The second-order valence-corrected chi connectivity index (χ2v) is 8.91. The van der Waals surface area contributed by atoms with Gasteiger partial charge >= 0.3 is 5.97 Å². The Morgan fingerprint density at radius 1 is 1.15 bits per heavy atom. The van der Waals surface area contributed by atoms with E-state index >= 15 is 0 Å². The van der Waals surface area contributed by atoms with Crippen LogP contribution in [-0.2, 0) is 19.1 Å². The summed E-state index contributed by atoms with van der Waals surface area (Å²) < 4.78 is 10.0. The van der Waals surface area contributed by atoms with Crippen molar-refractivity contribution < 1.29 is 23.9 Å². The number of anilines is 1. The minimum atomic E-state index is -1.27. The van der Waals surface area contributed by atoms with Crippen LogP contribution < -0.4 is 15.4 Å². The van der Waals surface area contributed by atoms with E-state index in [1.165, 1.54) is 14.2 Å². The number of nitrogens with zero attached hydrogens (tertiary/aromatic N) is 1. The van der Waals surface area contributed by atoms with Crippen molar-refractivity contribution in [2.24, 2.45) is 5.92 Å². The van der Waals surface area contributed by atoms with Gasteiger partial charge in [-0.15, -0.1) is 0 Å². The van der Waals surface area contributed by atoms with Crippen LogP contribution in [0.5, 0.6) is 5.75 Å². The Morgan fingerprint density at radius 3 is 2.44 bits per heavy atom. The number of nitriles is 1. The highest BCUT2D eigenvalue weighted by Crippen LogP contribution is 2.40. The summed E-state index contributed by atoms with van der Waals surface area (Å²) in [5, 5.41) is 16.2. The van der Waals surface area contributed by atoms with E-state index in [-0.39, 0.29) is 16.4 Å². The summed E-state index contributed by atoms with van der Waals surface area (Å²) in [7, 11) is 2.63. The fourth-order valence-corrected chi connectivity index (χ4v) is 4.60. The van der Waals surface area contributed by atoms with Crippen molar-refractivity contribution in [2.45, 2.75) is 5.92 Å². The number of esters is 1. The van der Waals surface area contributed by atoms with Crippen LogP contribution >= 0.6 is 35.0 Å². The molecule has 0 unspecified atom stereocenters. The maximum absolute atomic E-state index is 12.8. The number of halogens is 2. The fraction of sp³-hybridized carbons (Fsp3) is 0.217. The maximum Gasteiger partial charge on any atom is 0.319 e. The zero-order chi connectivity index (χ0) is 24.8. The molecule has 2 atom stereocenters. The Labute approximate surface area is 210 Å². The second-order valence-electron chi connectivity index (χ2n) is 7.06. The van der Waals surface area contributed by atoms with Gasteiger partial charge in [-0.25, -0.2) is 0 Å². The van der Waals surface area contributed by atoms with Crippen LogP contribution in [0.15, 0.2) is 53.1 Å². The Morgan fingerprint density at radius 2 is 1.82 bits per heavy atom. The van der Waals surface area contributed by atoms with Gasteiger partial charge in [0.2, 0.25) is 11.8 Å². The van der Waals surface area contributed by atoms with Gasteiger partial charge in [-0.2, -0.15) is 5.26 Å². The van der Waals surface area contributed by atoms with E-state index in [4.69, 9.17) is 32.7 Å². The lowest BCUT2D eigenvalue weighted by Crippen LogP contribution is -2.44. The molecule has 11 heteroatoms. The number of hydrogen-bond donors (Lipinski definition) is 2. The smallest absolute Gasteiger partial charge is 0.319 e. The standard InChI is InChI=1S/C23H19Cl2N3O5S/c1-32-17-8-7-14(25)9-16(17)27-18(29)11-34-22-15(10-26)19(12-3-5-13(24)6-4-12)20(21(30)28-22)23(31)33-2/h3-9,19-20H,11H2,1-2H3,(H,27,29)(H,28,30)/t19-,20+/m1/s1. The third-order valence-corrected chi connectivity index (χ3v) is 6.50. The van der Waals surface area contributed by atoms with Crippen molar-refractivity contribution in [1.29, 1.82) is 5.26 Å². The molecule has 0 saturated carbocycles. The average Bonchev–Trinajstić information content (AvgIpc) is 2.82. The van der Waals surface area contributed by atoms with Gasteiger partial charge in [-0.3, -0.25) is 14.4 Å². The van der Waals surface area contributed by atoms with Crippen molar-refractivity contribution in [3.05, 3.63) is 68.7 Å². The molecule has 0 bridgehead atoms. The van der Waals surface area contributed by atoms with E-state index in [9.17, 15) is 19.6 Å². The SMILES string of the molecule is COC(=O)[C@@H]1C(=O)NC(SCC(=O)Nc2cc(Cl)ccc2OC)=C(C#N)[C@H]1c1ccc(Cl)cc1. The molecular formula is C23H19Cl2N3O5S. The van der Waals surface area contributed by atoms with Gasteiger partial charge in [-0.05, 0) is 35.9 Å². The van der Waals surface area contributed by atoms with Crippen LogP contribution in [0.2, 0.25) is 10.0 Å². The number of thioether (sulfide) groups is 1. The molecule has 2 N–H and O–H groups in total. The number of rotatable bonds is 7. The molecule has 2 amide bonds. The Kier molecular flexibility index (Phi) is 8.45. The molecule has 34 heavy (non-hydrogen) atoms. The van der Waals surface area contributed by atoms with E-state index in [0.29, 0.717) is 27.0 Å².